The Bertz CT molecular complexity index is 553. The molecular weight excluding hydrogens is 224 g/mol. The molecule has 90 valence electrons. The van der Waals surface area contributed by atoms with E-state index < -0.39 is 0 Å². The van der Waals surface area contributed by atoms with Crippen molar-refractivity contribution in [1.29, 1.82) is 0 Å². The number of carbonyl (C=O) groups is 1. The number of allylic oxidation sites excluding steroid dienone is 1. The van der Waals surface area contributed by atoms with Crippen molar-refractivity contribution in [2.24, 2.45) is 0 Å². The second-order valence-corrected chi connectivity index (χ2v) is 4.03. The molecular formula is C16H14O2. The minimum absolute atomic E-state index is 0.373. The van der Waals surface area contributed by atoms with Gasteiger partial charge in [-0.1, -0.05) is 49.0 Å². The zero-order valence-corrected chi connectivity index (χ0v) is 10.2. The van der Waals surface area contributed by atoms with Gasteiger partial charge in [-0.2, -0.15) is 0 Å². The van der Waals surface area contributed by atoms with E-state index >= 15 is 0 Å². The standard InChI is InChI=1S/C16H14O2/c1-12(2)18-16(17)15-10-8-14(9-11-15)13-6-4-3-5-7-13/h3-11H,1H2,2H3. The van der Waals surface area contributed by atoms with Crippen LogP contribution in [0.4, 0.5) is 0 Å². The molecule has 0 aliphatic rings. The summed E-state index contributed by atoms with van der Waals surface area (Å²) in [5, 5.41) is 0. The molecule has 0 aliphatic heterocycles. The van der Waals surface area contributed by atoms with E-state index in [9.17, 15) is 4.79 Å². The van der Waals surface area contributed by atoms with Gasteiger partial charge in [-0.3, -0.25) is 0 Å². The van der Waals surface area contributed by atoms with Crippen LogP contribution in [-0.2, 0) is 4.74 Å². The van der Waals surface area contributed by atoms with Crippen molar-refractivity contribution in [2.45, 2.75) is 6.92 Å². The van der Waals surface area contributed by atoms with E-state index in [0.717, 1.165) is 11.1 Å². The first kappa shape index (κ1) is 12.1. The predicted octanol–water partition coefficient (Wildman–Crippen LogP) is 4.04. The first-order valence-corrected chi connectivity index (χ1v) is 5.70. The van der Waals surface area contributed by atoms with Gasteiger partial charge in [-0.15, -0.1) is 0 Å². The average molecular weight is 238 g/mol. The highest BCUT2D eigenvalue weighted by Gasteiger charge is 2.07. The monoisotopic (exact) mass is 238 g/mol. The molecule has 0 N–H and O–H groups in total. The van der Waals surface area contributed by atoms with Gasteiger partial charge >= 0.3 is 5.97 Å². The van der Waals surface area contributed by atoms with Crippen LogP contribution in [0.5, 0.6) is 0 Å². The van der Waals surface area contributed by atoms with E-state index in [1.165, 1.54) is 0 Å². The van der Waals surface area contributed by atoms with E-state index in [-0.39, 0.29) is 5.97 Å². The summed E-state index contributed by atoms with van der Waals surface area (Å²) in [4.78, 5) is 11.6. The lowest BCUT2D eigenvalue weighted by molar-refractivity contribution is 0.0628. The quantitative estimate of drug-likeness (QED) is 0.595. The van der Waals surface area contributed by atoms with Gasteiger partial charge in [0.15, 0.2) is 0 Å². The van der Waals surface area contributed by atoms with Gasteiger partial charge < -0.3 is 4.74 Å². The van der Waals surface area contributed by atoms with Gasteiger partial charge in [-0.25, -0.2) is 4.79 Å². The van der Waals surface area contributed by atoms with Crippen molar-refractivity contribution < 1.29 is 9.53 Å². The largest absolute Gasteiger partial charge is 0.428 e. The molecule has 0 saturated carbocycles. The third-order valence-electron chi connectivity index (χ3n) is 2.49. The second kappa shape index (κ2) is 5.32. The summed E-state index contributed by atoms with van der Waals surface area (Å²) in [5.41, 5.74) is 2.72. The molecule has 0 unspecified atom stereocenters. The zero-order chi connectivity index (χ0) is 13.0. The van der Waals surface area contributed by atoms with Gasteiger partial charge in [0.1, 0.15) is 0 Å². The van der Waals surface area contributed by atoms with Crippen LogP contribution in [0, 0.1) is 0 Å². The topological polar surface area (TPSA) is 26.3 Å². The molecule has 2 nitrogen and oxygen atoms in total. The van der Waals surface area contributed by atoms with Crippen LogP contribution in [0.3, 0.4) is 0 Å². The van der Waals surface area contributed by atoms with E-state index in [1.54, 1.807) is 19.1 Å². The van der Waals surface area contributed by atoms with Gasteiger partial charge in [0.2, 0.25) is 0 Å². The molecule has 2 heteroatoms. The van der Waals surface area contributed by atoms with E-state index in [1.807, 2.05) is 42.5 Å². The van der Waals surface area contributed by atoms with Crippen molar-refractivity contribution in [3.8, 4) is 11.1 Å². The fourth-order valence-corrected chi connectivity index (χ4v) is 1.65. The summed E-state index contributed by atoms with van der Waals surface area (Å²) >= 11 is 0. The molecule has 18 heavy (non-hydrogen) atoms. The Morgan fingerprint density at radius 1 is 0.944 bits per heavy atom. The third kappa shape index (κ3) is 2.86. The number of rotatable bonds is 3. The first-order valence-electron chi connectivity index (χ1n) is 5.70. The molecule has 0 spiro atoms. The summed E-state index contributed by atoms with van der Waals surface area (Å²) < 4.78 is 4.95. The number of hydrogen-bond acceptors (Lipinski definition) is 2. The summed E-state index contributed by atoms with van der Waals surface area (Å²) in [6.07, 6.45) is 0. The predicted molar refractivity (Wildman–Crippen MR) is 72.1 cm³/mol. The molecule has 2 aromatic carbocycles. The van der Waals surface area contributed by atoms with Crippen molar-refractivity contribution >= 4 is 5.97 Å². The smallest absolute Gasteiger partial charge is 0.343 e. The Morgan fingerprint density at radius 2 is 1.50 bits per heavy atom. The minimum atomic E-state index is -0.373. The van der Waals surface area contributed by atoms with Gasteiger partial charge in [0.05, 0.1) is 11.3 Å². The SMILES string of the molecule is C=C(C)OC(=O)c1ccc(-c2ccccc2)cc1. The van der Waals surface area contributed by atoms with E-state index in [4.69, 9.17) is 4.74 Å². The van der Waals surface area contributed by atoms with E-state index in [0.29, 0.717) is 11.3 Å². The van der Waals surface area contributed by atoms with Crippen molar-refractivity contribution in [3.05, 3.63) is 72.5 Å². The number of carbonyl (C=O) groups excluding carboxylic acids is 1. The zero-order valence-electron chi connectivity index (χ0n) is 10.2. The van der Waals surface area contributed by atoms with Crippen LogP contribution in [0.1, 0.15) is 17.3 Å². The molecule has 0 saturated heterocycles. The van der Waals surface area contributed by atoms with Gasteiger partial charge in [0, 0.05) is 0 Å². The lowest BCUT2D eigenvalue weighted by atomic mass is 10.0. The molecule has 0 radical (unpaired) electrons. The van der Waals surface area contributed by atoms with Crippen LogP contribution in [0.2, 0.25) is 0 Å². The Labute approximate surface area is 107 Å². The van der Waals surface area contributed by atoms with E-state index in [2.05, 4.69) is 6.58 Å². The van der Waals surface area contributed by atoms with Crippen molar-refractivity contribution in [1.82, 2.24) is 0 Å². The van der Waals surface area contributed by atoms with Gasteiger partial charge in [0.25, 0.3) is 0 Å². The second-order valence-electron chi connectivity index (χ2n) is 4.03. The third-order valence-corrected chi connectivity index (χ3v) is 2.49. The normalized spacial score (nSPS) is 9.83. The highest BCUT2D eigenvalue weighted by molar-refractivity contribution is 5.90. The molecule has 0 atom stereocenters. The van der Waals surface area contributed by atoms with Crippen LogP contribution in [-0.4, -0.2) is 5.97 Å². The summed E-state index contributed by atoms with van der Waals surface area (Å²) in [6, 6.07) is 17.3. The minimum Gasteiger partial charge on any atom is -0.428 e. The van der Waals surface area contributed by atoms with Crippen molar-refractivity contribution in [3.63, 3.8) is 0 Å². The summed E-state index contributed by atoms with van der Waals surface area (Å²) in [6.45, 7) is 5.19. The molecule has 0 heterocycles. The fraction of sp³-hybridized carbons (Fsp3) is 0.0625. The lowest BCUT2D eigenvalue weighted by Gasteiger charge is -2.05. The maximum atomic E-state index is 11.6. The van der Waals surface area contributed by atoms with Crippen LogP contribution in [0.15, 0.2) is 66.9 Å². The number of ether oxygens (including phenoxy) is 1. The molecule has 2 rings (SSSR count). The lowest BCUT2D eigenvalue weighted by Crippen LogP contribution is -2.02. The first-order chi connectivity index (χ1) is 8.66. The van der Waals surface area contributed by atoms with Crippen LogP contribution < -0.4 is 0 Å². The molecule has 0 amide bonds. The molecule has 0 bridgehead atoms. The number of hydrogen-bond donors (Lipinski definition) is 0. The number of benzene rings is 2. The maximum absolute atomic E-state index is 11.6. The van der Waals surface area contributed by atoms with Crippen LogP contribution in [0.25, 0.3) is 11.1 Å². The average Bonchev–Trinajstić information content (AvgIpc) is 2.39. The Balaban J connectivity index is 2.20. The summed E-state index contributed by atoms with van der Waals surface area (Å²) in [5.74, 6) is 0.0225. The highest BCUT2D eigenvalue weighted by Crippen LogP contribution is 2.19. The molecule has 2 aromatic rings. The van der Waals surface area contributed by atoms with Gasteiger partial charge in [-0.05, 0) is 30.2 Å². The molecule has 0 aromatic heterocycles. The maximum Gasteiger partial charge on any atom is 0.343 e. The Kier molecular flexibility index (Phi) is 3.58. The van der Waals surface area contributed by atoms with Crippen LogP contribution >= 0.6 is 0 Å². The van der Waals surface area contributed by atoms with Crippen molar-refractivity contribution in [2.75, 3.05) is 0 Å². The Hall–Kier alpha value is -2.35. The fourth-order valence-electron chi connectivity index (χ4n) is 1.65. The molecule has 0 fully saturated rings. The molecule has 0 aliphatic carbocycles. The Morgan fingerprint density at radius 3 is 2.06 bits per heavy atom. The number of esters is 1. The summed E-state index contributed by atoms with van der Waals surface area (Å²) in [7, 11) is 0. The highest BCUT2D eigenvalue weighted by atomic mass is 16.5.